The molecule has 1 aromatic rings. The molecule has 0 aromatic heterocycles. The lowest BCUT2D eigenvalue weighted by atomic mass is 9.48. The summed E-state index contributed by atoms with van der Waals surface area (Å²) >= 11 is 0. The van der Waals surface area contributed by atoms with Crippen LogP contribution in [0.2, 0.25) is 0 Å². The van der Waals surface area contributed by atoms with Crippen molar-refractivity contribution in [3.63, 3.8) is 0 Å². The number of carbonyl (C=O) groups is 2. The van der Waals surface area contributed by atoms with Crippen molar-refractivity contribution in [3.05, 3.63) is 29.8 Å². The number of alkyl halides is 2. The van der Waals surface area contributed by atoms with Gasteiger partial charge in [-0.25, -0.2) is 13.2 Å². The second-order valence-electron chi connectivity index (χ2n) is 8.53. The molecule has 0 N–H and O–H groups in total. The maximum absolute atomic E-state index is 12.9. The number of esters is 1. The molecule has 0 amide bonds. The standard InChI is InChI=1S/C20H22F2O5S/c21-19(22)28(25,26)16-3-1-15(2-4-16)18(24)27-11-17(23)20-8-12-5-13(9-20)7-14(6-12)10-20/h1-4,12-14,19H,5-11H2. The van der Waals surface area contributed by atoms with Crippen molar-refractivity contribution in [2.24, 2.45) is 23.2 Å². The lowest BCUT2D eigenvalue weighted by molar-refractivity contribution is -0.147. The predicted molar refractivity (Wildman–Crippen MR) is 95.5 cm³/mol. The molecule has 0 spiro atoms. The molecular formula is C20H22F2O5S. The number of carbonyl (C=O) groups excluding carboxylic acids is 2. The Morgan fingerprint density at radius 3 is 1.96 bits per heavy atom. The monoisotopic (exact) mass is 412 g/mol. The first-order valence-electron chi connectivity index (χ1n) is 9.52. The fourth-order valence-corrected chi connectivity index (χ4v) is 6.42. The van der Waals surface area contributed by atoms with Gasteiger partial charge in [-0.3, -0.25) is 4.79 Å². The van der Waals surface area contributed by atoms with Crippen LogP contribution in [0.1, 0.15) is 48.9 Å². The molecule has 8 heteroatoms. The van der Waals surface area contributed by atoms with Crippen LogP contribution < -0.4 is 0 Å². The molecule has 28 heavy (non-hydrogen) atoms. The van der Waals surface area contributed by atoms with E-state index in [0.29, 0.717) is 17.8 Å². The van der Waals surface area contributed by atoms with E-state index in [4.69, 9.17) is 4.74 Å². The van der Waals surface area contributed by atoms with Gasteiger partial charge in [0.2, 0.25) is 9.84 Å². The average molecular weight is 412 g/mol. The van der Waals surface area contributed by atoms with Gasteiger partial charge in [0.25, 0.3) is 0 Å². The van der Waals surface area contributed by atoms with E-state index in [-0.39, 0.29) is 23.4 Å². The Hall–Kier alpha value is -1.83. The van der Waals surface area contributed by atoms with Crippen LogP contribution in [0, 0.1) is 23.2 Å². The second kappa shape index (κ2) is 6.90. The van der Waals surface area contributed by atoms with Crippen LogP contribution in [0.15, 0.2) is 29.2 Å². The predicted octanol–water partition coefficient (Wildman–Crippen LogP) is 3.63. The van der Waals surface area contributed by atoms with Crippen LogP contribution in [-0.2, 0) is 19.4 Å². The van der Waals surface area contributed by atoms with Gasteiger partial charge in [0.1, 0.15) is 0 Å². The fraction of sp³-hybridized carbons (Fsp3) is 0.600. The minimum absolute atomic E-state index is 0.0199. The van der Waals surface area contributed by atoms with Crippen molar-refractivity contribution in [2.45, 2.75) is 49.2 Å². The Morgan fingerprint density at radius 2 is 1.50 bits per heavy atom. The van der Waals surface area contributed by atoms with Gasteiger partial charge in [-0.1, -0.05) is 0 Å². The molecule has 4 saturated carbocycles. The van der Waals surface area contributed by atoms with Gasteiger partial charge in [0.05, 0.1) is 10.5 Å². The number of halogens is 2. The van der Waals surface area contributed by atoms with Gasteiger partial charge in [-0.2, -0.15) is 8.78 Å². The molecule has 0 unspecified atom stereocenters. The molecular weight excluding hydrogens is 390 g/mol. The molecule has 1 aromatic carbocycles. The molecule has 0 heterocycles. The van der Waals surface area contributed by atoms with Crippen LogP contribution in [0.4, 0.5) is 8.78 Å². The summed E-state index contributed by atoms with van der Waals surface area (Å²) in [5.74, 6) is -2.50. The summed E-state index contributed by atoms with van der Waals surface area (Å²) < 4.78 is 53.1. The Labute approximate surface area is 162 Å². The number of Topliss-reactive ketones (excluding diaryl/α,β-unsaturated/α-hetero) is 1. The summed E-state index contributed by atoms with van der Waals surface area (Å²) in [6.45, 7) is -0.303. The fourth-order valence-electron chi connectivity index (χ4n) is 5.70. The zero-order valence-electron chi connectivity index (χ0n) is 15.3. The third-order valence-corrected chi connectivity index (χ3v) is 8.02. The Kier molecular flexibility index (Phi) is 4.80. The van der Waals surface area contributed by atoms with E-state index in [1.165, 1.54) is 19.3 Å². The molecule has 152 valence electrons. The topological polar surface area (TPSA) is 77.5 Å². The first-order valence-corrected chi connectivity index (χ1v) is 11.1. The van der Waals surface area contributed by atoms with Gasteiger partial charge in [-0.15, -0.1) is 0 Å². The molecule has 4 aliphatic rings. The van der Waals surface area contributed by atoms with Crippen molar-refractivity contribution in [3.8, 4) is 0 Å². The highest BCUT2D eigenvalue weighted by atomic mass is 32.2. The van der Waals surface area contributed by atoms with Crippen LogP contribution in [0.25, 0.3) is 0 Å². The first kappa shape index (κ1) is 19.5. The molecule has 5 rings (SSSR count). The van der Waals surface area contributed by atoms with E-state index >= 15 is 0 Å². The van der Waals surface area contributed by atoms with Crippen molar-refractivity contribution in [1.82, 2.24) is 0 Å². The lowest BCUT2D eigenvalue weighted by Gasteiger charge is -2.55. The molecule has 4 bridgehead atoms. The largest absolute Gasteiger partial charge is 0.454 e. The second-order valence-corrected chi connectivity index (χ2v) is 10.4. The molecule has 0 atom stereocenters. The number of hydrogen-bond donors (Lipinski definition) is 0. The van der Waals surface area contributed by atoms with E-state index in [0.717, 1.165) is 43.5 Å². The van der Waals surface area contributed by atoms with Crippen LogP contribution in [-0.4, -0.2) is 32.5 Å². The number of ether oxygens (including phenoxy) is 1. The first-order chi connectivity index (χ1) is 13.2. The third-order valence-electron chi connectivity index (χ3n) is 6.62. The van der Waals surface area contributed by atoms with Crippen LogP contribution in [0.5, 0.6) is 0 Å². The lowest BCUT2D eigenvalue weighted by Crippen LogP contribution is -2.51. The minimum Gasteiger partial charge on any atom is -0.454 e. The molecule has 5 nitrogen and oxygen atoms in total. The minimum atomic E-state index is -4.71. The summed E-state index contributed by atoms with van der Waals surface area (Å²) in [5, 5.41) is 0. The highest BCUT2D eigenvalue weighted by molar-refractivity contribution is 7.91. The molecule has 0 aliphatic heterocycles. The molecule has 4 aliphatic carbocycles. The summed E-state index contributed by atoms with van der Waals surface area (Å²) in [6, 6.07) is 4.12. The van der Waals surface area contributed by atoms with E-state index < -0.39 is 26.5 Å². The van der Waals surface area contributed by atoms with Gasteiger partial charge in [0.15, 0.2) is 12.4 Å². The normalized spacial score (nSPS) is 31.2. The SMILES string of the molecule is O=C(OCC(=O)C12CC3CC(CC(C3)C1)C2)c1ccc(S(=O)(=O)C(F)F)cc1. The number of ketones is 1. The number of hydrogen-bond acceptors (Lipinski definition) is 5. The van der Waals surface area contributed by atoms with Crippen LogP contribution in [0.3, 0.4) is 0 Å². The summed E-state index contributed by atoms with van der Waals surface area (Å²) in [6.07, 6.45) is 6.28. The molecule has 0 radical (unpaired) electrons. The van der Waals surface area contributed by atoms with E-state index in [1.807, 2.05) is 0 Å². The quantitative estimate of drug-likeness (QED) is 0.667. The maximum Gasteiger partial charge on any atom is 0.341 e. The Bertz CT molecular complexity index is 856. The summed E-state index contributed by atoms with van der Waals surface area (Å²) in [7, 11) is -4.71. The van der Waals surface area contributed by atoms with Crippen molar-refractivity contribution >= 4 is 21.6 Å². The zero-order chi connectivity index (χ0) is 20.1. The zero-order valence-corrected chi connectivity index (χ0v) is 16.1. The van der Waals surface area contributed by atoms with Crippen LogP contribution >= 0.6 is 0 Å². The van der Waals surface area contributed by atoms with E-state index in [2.05, 4.69) is 0 Å². The van der Waals surface area contributed by atoms with E-state index in [1.54, 1.807) is 0 Å². The number of sulfone groups is 1. The molecule has 4 fully saturated rings. The average Bonchev–Trinajstić information content (AvgIpc) is 2.64. The molecule has 0 saturated heterocycles. The Morgan fingerprint density at radius 1 is 1.00 bits per heavy atom. The summed E-state index contributed by atoms with van der Waals surface area (Å²) in [4.78, 5) is 24.5. The highest BCUT2D eigenvalue weighted by Gasteiger charge is 2.54. The Balaban J connectivity index is 1.39. The number of benzene rings is 1. The number of rotatable bonds is 6. The van der Waals surface area contributed by atoms with E-state index in [9.17, 15) is 26.8 Å². The van der Waals surface area contributed by atoms with Crippen molar-refractivity contribution < 1.29 is 31.5 Å². The maximum atomic E-state index is 12.9. The van der Waals surface area contributed by atoms with Gasteiger partial charge in [-0.05, 0) is 80.5 Å². The van der Waals surface area contributed by atoms with Gasteiger partial charge in [0, 0.05) is 5.41 Å². The third kappa shape index (κ3) is 3.36. The van der Waals surface area contributed by atoms with Gasteiger partial charge < -0.3 is 4.74 Å². The summed E-state index contributed by atoms with van der Waals surface area (Å²) in [5.41, 5.74) is -0.337. The van der Waals surface area contributed by atoms with Gasteiger partial charge >= 0.3 is 11.7 Å². The van der Waals surface area contributed by atoms with Crippen molar-refractivity contribution in [2.75, 3.05) is 6.61 Å². The van der Waals surface area contributed by atoms with Crippen molar-refractivity contribution in [1.29, 1.82) is 0 Å². The smallest absolute Gasteiger partial charge is 0.341 e. The highest BCUT2D eigenvalue weighted by Crippen LogP contribution is 2.60.